The topological polar surface area (TPSA) is 104 Å². The molecule has 0 aliphatic carbocycles. The third-order valence-electron chi connectivity index (χ3n) is 2.74. The third kappa shape index (κ3) is 3.40. The lowest BCUT2D eigenvalue weighted by Gasteiger charge is -2.09. The molecule has 3 N–H and O–H groups in total. The fourth-order valence-electron chi connectivity index (χ4n) is 1.74. The average Bonchev–Trinajstić information content (AvgIpc) is 3.05. The largest absolute Gasteiger partial charge is 0.391 e. The van der Waals surface area contributed by atoms with E-state index in [0.717, 1.165) is 6.42 Å². The molecule has 0 bridgehead atoms. The summed E-state index contributed by atoms with van der Waals surface area (Å²) in [5, 5.41) is 19.4. The molecule has 0 fully saturated rings. The fraction of sp³-hybridized carbons (Fsp3) is 0.500. The van der Waals surface area contributed by atoms with Crippen molar-refractivity contribution < 1.29 is 9.90 Å². The predicted octanol–water partition coefficient (Wildman–Crippen LogP) is 1.13. The van der Waals surface area contributed by atoms with E-state index in [2.05, 4.69) is 25.5 Å². The van der Waals surface area contributed by atoms with E-state index >= 15 is 0 Å². The first-order valence-corrected chi connectivity index (χ1v) is 7.23. The molecule has 0 aliphatic rings. The molecule has 2 rings (SSSR count). The lowest BCUT2D eigenvalue weighted by atomic mass is 10.2. The van der Waals surface area contributed by atoms with Gasteiger partial charge >= 0.3 is 0 Å². The Balaban J connectivity index is 2.03. The number of amides is 1. The van der Waals surface area contributed by atoms with E-state index in [9.17, 15) is 9.90 Å². The number of nitrogens with zero attached hydrogens (tertiary/aromatic N) is 3. The summed E-state index contributed by atoms with van der Waals surface area (Å²) < 4.78 is 0. The van der Waals surface area contributed by atoms with E-state index < -0.39 is 6.10 Å². The second-order valence-corrected chi connectivity index (χ2v) is 5.42. The smallest absolute Gasteiger partial charge is 0.263 e. The van der Waals surface area contributed by atoms with Gasteiger partial charge < -0.3 is 10.4 Å². The number of H-pyrrole nitrogens is 1. The van der Waals surface area contributed by atoms with Crippen LogP contribution in [0.2, 0.25) is 0 Å². The number of aromatic nitrogens is 4. The van der Waals surface area contributed by atoms with Gasteiger partial charge in [0, 0.05) is 6.54 Å². The minimum atomic E-state index is -0.508. The lowest BCUT2D eigenvalue weighted by molar-refractivity contribution is 0.0913. The third-order valence-corrected chi connectivity index (χ3v) is 3.90. The van der Waals surface area contributed by atoms with Crippen LogP contribution >= 0.6 is 11.3 Å². The standard InChI is InChI=1S/C12H17N5O2S/c1-3-4-8(18)5-13-11(19)9-7(2)16-12(20-9)10-14-6-15-17-10/h6,8,18H,3-5H2,1-2H3,(H,13,19)(H,14,15,17). The van der Waals surface area contributed by atoms with Gasteiger partial charge in [-0.05, 0) is 13.3 Å². The van der Waals surface area contributed by atoms with Gasteiger partial charge in [-0.3, -0.25) is 9.89 Å². The molecule has 0 spiro atoms. The molecule has 20 heavy (non-hydrogen) atoms. The minimum Gasteiger partial charge on any atom is -0.391 e. The summed E-state index contributed by atoms with van der Waals surface area (Å²) in [7, 11) is 0. The van der Waals surface area contributed by atoms with Crippen LogP contribution in [-0.4, -0.2) is 43.8 Å². The Morgan fingerprint density at radius 3 is 3.05 bits per heavy atom. The molecule has 0 aliphatic heterocycles. The van der Waals surface area contributed by atoms with Gasteiger partial charge in [-0.15, -0.1) is 11.3 Å². The number of hydrogen-bond acceptors (Lipinski definition) is 6. The highest BCUT2D eigenvalue weighted by molar-refractivity contribution is 7.17. The molecule has 2 aromatic rings. The number of aliphatic hydroxyl groups is 1. The van der Waals surface area contributed by atoms with E-state index in [1.807, 2.05) is 6.92 Å². The zero-order chi connectivity index (χ0) is 14.5. The maximum atomic E-state index is 12.1. The summed E-state index contributed by atoms with van der Waals surface area (Å²) in [6.07, 6.45) is 2.44. The number of carbonyl (C=O) groups excluding carboxylic acids is 1. The molecule has 1 unspecified atom stereocenters. The minimum absolute atomic E-state index is 0.221. The van der Waals surface area contributed by atoms with Crippen LogP contribution in [-0.2, 0) is 0 Å². The van der Waals surface area contributed by atoms with Crippen molar-refractivity contribution in [3.63, 3.8) is 0 Å². The summed E-state index contributed by atoms with van der Waals surface area (Å²) in [5.41, 5.74) is 0.642. The molecule has 1 atom stereocenters. The first-order chi connectivity index (χ1) is 9.61. The highest BCUT2D eigenvalue weighted by Crippen LogP contribution is 2.24. The number of thiazole rings is 1. The number of carbonyl (C=O) groups is 1. The van der Waals surface area contributed by atoms with Gasteiger partial charge in [-0.25, -0.2) is 9.97 Å². The van der Waals surface area contributed by atoms with Crippen molar-refractivity contribution in [2.45, 2.75) is 32.8 Å². The summed E-state index contributed by atoms with van der Waals surface area (Å²) in [5.74, 6) is 0.323. The number of rotatable bonds is 6. The fourth-order valence-corrected chi connectivity index (χ4v) is 2.67. The van der Waals surface area contributed by atoms with Crippen LogP contribution in [0.5, 0.6) is 0 Å². The summed E-state index contributed by atoms with van der Waals surface area (Å²) in [6, 6.07) is 0. The van der Waals surface area contributed by atoms with Gasteiger partial charge in [0.1, 0.15) is 11.2 Å². The Labute approximate surface area is 120 Å². The van der Waals surface area contributed by atoms with Gasteiger partial charge in [0.25, 0.3) is 5.91 Å². The molecule has 1 amide bonds. The summed E-state index contributed by atoms with van der Waals surface area (Å²) in [4.78, 5) is 20.9. The van der Waals surface area contributed by atoms with Gasteiger partial charge in [0.15, 0.2) is 10.8 Å². The number of nitrogens with one attached hydrogen (secondary N) is 2. The molecule has 0 aromatic carbocycles. The van der Waals surface area contributed by atoms with Crippen LogP contribution in [0.25, 0.3) is 10.8 Å². The number of aliphatic hydroxyl groups excluding tert-OH is 1. The monoisotopic (exact) mass is 295 g/mol. The van der Waals surface area contributed by atoms with E-state index in [0.29, 0.717) is 27.8 Å². The molecule has 2 heterocycles. The summed E-state index contributed by atoms with van der Waals surface area (Å²) >= 11 is 1.25. The van der Waals surface area contributed by atoms with Gasteiger partial charge in [-0.2, -0.15) is 5.10 Å². The molecule has 0 saturated heterocycles. The van der Waals surface area contributed by atoms with E-state index in [-0.39, 0.29) is 12.5 Å². The van der Waals surface area contributed by atoms with Crippen LogP contribution in [0.3, 0.4) is 0 Å². The van der Waals surface area contributed by atoms with Gasteiger partial charge in [0.05, 0.1) is 11.8 Å². The van der Waals surface area contributed by atoms with Crippen molar-refractivity contribution in [2.75, 3.05) is 6.54 Å². The van der Waals surface area contributed by atoms with Crippen LogP contribution in [0.4, 0.5) is 0 Å². The van der Waals surface area contributed by atoms with E-state index in [1.54, 1.807) is 6.92 Å². The molecular weight excluding hydrogens is 278 g/mol. The molecular formula is C12H17N5O2S. The molecule has 108 valence electrons. The van der Waals surface area contributed by atoms with E-state index in [1.165, 1.54) is 17.7 Å². The Hall–Kier alpha value is -1.80. The lowest BCUT2D eigenvalue weighted by Crippen LogP contribution is -2.31. The maximum Gasteiger partial charge on any atom is 0.263 e. The molecule has 8 heteroatoms. The second kappa shape index (κ2) is 6.58. The highest BCUT2D eigenvalue weighted by atomic mass is 32.1. The second-order valence-electron chi connectivity index (χ2n) is 4.42. The van der Waals surface area contributed by atoms with Crippen molar-refractivity contribution in [1.29, 1.82) is 0 Å². The first kappa shape index (κ1) is 14.6. The molecule has 0 radical (unpaired) electrons. The van der Waals surface area contributed by atoms with Crippen molar-refractivity contribution in [2.24, 2.45) is 0 Å². The predicted molar refractivity (Wildman–Crippen MR) is 75.5 cm³/mol. The first-order valence-electron chi connectivity index (χ1n) is 6.41. The zero-order valence-electron chi connectivity index (χ0n) is 11.4. The number of aromatic amines is 1. The molecule has 2 aromatic heterocycles. The summed E-state index contributed by atoms with van der Waals surface area (Å²) in [6.45, 7) is 4.01. The zero-order valence-corrected chi connectivity index (χ0v) is 12.2. The Morgan fingerprint density at radius 2 is 2.40 bits per heavy atom. The SMILES string of the molecule is CCCC(O)CNC(=O)c1sc(-c2ncn[nH]2)nc1C. The average molecular weight is 295 g/mol. The van der Waals surface area contributed by atoms with E-state index in [4.69, 9.17) is 0 Å². The molecule has 7 nitrogen and oxygen atoms in total. The Bertz CT molecular complexity index is 566. The highest BCUT2D eigenvalue weighted by Gasteiger charge is 2.17. The van der Waals surface area contributed by atoms with Crippen LogP contribution in [0.1, 0.15) is 35.1 Å². The number of aryl methyl sites for hydroxylation is 1. The number of hydrogen-bond donors (Lipinski definition) is 3. The van der Waals surface area contributed by atoms with Crippen molar-refractivity contribution in [3.8, 4) is 10.8 Å². The van der Waals surface area contributed by atoms with Crippen LogP contribution < -0.4 is 5.32 Å². The van der Waals surface area contributed by atoms with Crippen molar-refractivity contribution in [3.05, 3.63) is 16.9 Å². The Kier molecular flexibility index (Phi) is 4.80. The quantitative estimate of drug-likeness (QED) is 0.741. The van der Waals surface area contributed by atoms with Crippen molar-refractivity contribution >= 4 is 17.2 Å². The van der Waals surface area contributed by atoms with Gasteiger partial charge in [0.2, 0.25) is 0 Å². The van der Waals surface area contributed by atoms with Crippen LogP contribution in [0.15, 0.2) is 6.33 Å². The van der Waals surface area contributed by atoms with Gasteiger partial charge in [-0.1, -0.05) is 13.3 Å². The molecule has 0 saturated carbocycles. The van der Waals surface area contributed by atoms with Crippen LogP contribution in [0, 0.1) is 6.92 Å². The van der Waals surface area contributed by atoms with Crippen molar-refractivity contribution in [1.82, 2.24) is 25.5 Å². The normalized spacial score (nSPS) is 12.3. The Morgan fingerprint density at radius 1 is 1.60 bits per heavy atom. The maximum absolute atomic E-state index is 12.1.